The van der Waals surface area contributed by atoms with Crippen LogP contribution in [0.15, 0.2) is 47.4 Å². The van der Waals surface area contributed by atoms with Crippen molar-refractivity contribution < 1.29 is 22.3 Å². The van der Waals surface area contributed by atoms with Crippen LogP contribution in [-0.4, -0.2) is 38.3 Å². The van der Waals surface area contributed by atoms with Gasteiger partial charge in [0, 0.05) is 11.1 Å². The molecule has 1 N–H and O–H groups in total. The van der Waals surface area contributed by atoms with Crippen molar-refractivity contribution >= 4 is 33.2 Å². The standard InChI is InChI=1S/C21H24ClFN2O4S/c1-29-20-12-7-15(22)13-19(20)24-21(26)14-25(17-5-3-2-4-6-17)30(27,28)18-10-8-16(23)9-11-18/h7-13,17H,2-6,14H2,1H3,(H,24,26). The molecule has 2 aromatic rings. The molecule has 0 heterocycles. The number of sulfonamides is 1. The van der Waals surface area contributed by atoms with E-state index in [1.165, 1.54) is 29.6 Å². The lowest BCUT2D eigenvalue weighted by Crippen LogP contribution is -2.45. The van der Waals surface area contributed by atoms with E-state index in [4.69, 9.17) is 16.3 Å². The minimum atomic E-state index is -3.98. The second kappa shape index (κ2) is 9.76. The first-order chi connectivity index (χ1) is 14.3. The summed E-state index contributed by atoms with van der Waals surface area (Å²) in [5.74, 6) is -0.617. The van der Waals surface area contributed by atoms with Crippen molar-refractivity contribution in [1.29, 1.82) is 0 Å². The van der Waals surface area contributed by atoms with Crippen molar-refractivity contribution in [1.82, 2.24) is 4.31 Å². The van der Waals surface area contributed by atoms with Gasteiger partial charge in [-0.05, 0) is 55.3 Å². The SMILES string of the molecule is COc1ccc(Cl)cc1NC(=O)CN(C1CCCCC1)S(=O)(=O)c1ccc(F)cc1. The molecule has 0 aromatic heterocycles. The largest absolute Gasteiger partial charge is 0.495 e. The summed E-state index contributed by atoms with van der Waals surface area (Å²) in [6.45, 7) is -0.361. The van der Waals surface area contributed by atoms with Crippen LogP contribution in [0.3, 0.4) is 0 Å². The molecule has 0 atom stereocenters. The monoisotopic (exact) mass is 454 g/mol. The summed E-state index contributed by atoms with van der Waals surface area (Å²) in [5.41, 5.74) is 0.359. The van der Waals surface area contributed by atoms with Gasteiger partial charge in [-0.2, -0.15) is 4.31 Å². The van der Waals surface area contributed by atoms with E-state index >= 15 is 0 Å². The fourth-order valence-electron chi connectivity index (χ4n) is 3.63. The number of nitrogens with zero attached hydrogens (tertiary/aromatic N) is 1. The van der Waals surface area contributed by atoms with Crippen molar-refractivity contribution in [2.24, 2.45) is 0 Å². The Balaban J connectivity index is 1.86. The Morgan fingerprint density at radius 1 is 1.17 bits per heavy atom. The maximum atomic E-state index is 13.3. The van der Waals surface area contributed by atoms with E-state index in [0.717, 1.165) is 31.4 Å². The summed E-state index contributed by atoms with van der Waals surface area (Å²) >= 11 is 6.01. The Labute approximate surface area is 181 Å². The van der Waals surface area contributed by atoms with Gasteiger partial charge in [-0.15, -0.1) is 0 Å². The topological polar surface area (TPSA) is 75.7 Å². The minimum Gasteiger partial charge on any atom is -0.495 e. The van der Waals surface area contributed by atoms with Gasteiger partial charge in [0.05, 0.1) is 24.2 Å². The molecular weight excluding hydrogens is 431 g/mol. The van der Waals surface area contributed by atoms with Crippen LogP contribution in [0, 0.1) is 5.82 Å². The number of anilines is 1. The molecule has 1 saturated carbocycles. The van der Waals surface area contributed by atoms with E-state index < -0.39 is 21.7 Å². The second-order valence-corrected chi connectivity index (χ2v) is 9.52. The van der Waals surface area contributed by atoms with Crippen LogP contribution in [0.1, 0.15) is 32.1 Å². The van der Waals surface area contributed by atoms with E-state index in [0.29, 0.717) is 29.3 Å². The number of ether oxygens (including phenoxy) is 1. The van der Waals surface area contributed by atoms with Crippen molar-refractivity contribution in [2.75, 3.05) is 19.0 Å². The lowest BCUT2D eigenvalue weighted by Gasteiger charge is -2.33. The highest BCUT2D eigenvalue weighted by Gasteiger charge is 2.34. The maximum absolute atomic E-state index is 13.3. The molecule has 1 aliphatic rings. The molecule has 6 nitrogen and oxygen atoms in total. The van der Waals surface area contributed by atoms with Gasteiger partial charge in [-0.3, -0.25) is 4.79 Å². The molecule has 3 rings (SSSR count). The zero-order valence-electron chi connectivity index (χ0n) is 16.6. The fourth-order valence-corrected chi connectivity index (χ4v) is 5.44. The highest BCUT2D eigenvalue weighted by Crippen LogP contribution is 2.30. The molecule has 1 amide bonds. The van der Waals surface area contributed by atoms with E-state index in [-0.39, 0.29) is 17.5 Å². The average Bonchev–Trinajstić information content (AvgIpc) is 2.73. The van der Waals surface area contributed by atoms with E-state index in [2.05, 4.69) is 5.32 Å². The second-order valence-electron chi connectivity index (χ2n) is 7.19. The fraction of sp³-hybridized carbons (Fsp3) is 0.381. The molecule has 9 heteroatoms. The number of hydrogen-bond acceptors (Lipinski definition) is 4. The number of methoxy groups -OCH3 is 1. The van der Waals surface area contributed by atoms with E-state index in [1.54, 1.807) is 12.1 Å². The number of nitrogens with one attached hydrogen (secondary N) is 1. The van der Waals surface area contributed by atoms with Crippen molar-refractivity contribution in [3.63, 3.8) is 0 Å². The van der Waals surface area contributed by atoms with Gasteiger partial charge in [0.1, 0.15) is 11.6 Å². The van der Waals surface area contributed by atoms with Gasteiger partial charge in [0.2, 0.25) is 15.9 Å². The molecule has 0 aliphatic heterocycles. The normalized spacial score (nSPS) is 15.2. The smallest absolute Gasteiger partial charge is 0.243 e. The predicted molar refractivity (Wildman–Crippen MR) is 114 cm³/mol. The van der Waals surface area contributed by atoms with Crippen molar-refractivity contribution in [3.05, 3.63) is 53.3 Å². The summed E-state index contributed by atoms with van der Waals surface area (Å²) in [6, 6.07) is 9.14. The summed E-state index contributed by atoms with van der Waals surface area (Å²) in [7, 11) is -2.52. The van der Waals surface area contributed by atoms with Gasteiger partial charge in [-0.1, -0.05) is 30.9 Å². The Morgan fingerprint density at radius 3 is 2.47 bits per heavy atom. The first kappa shape index (κ1) is 22.5. The van der Waals surface area contributed by atoms with Gasteiger partial charge < -0.3 is 10.1 Å². The first-order valence-electron chi connectivity index (χ1n) is 9.72. The van der Waals surface area contributed by atoms with E-state index in [9.17, 15) is 17.6 Å². The number of amides is 1. The summed E-state index contributed by atoms with van der Waals surface area (Å²) in [4.78, 5) is 12.8. The molecule has 0 bridgehead atoms. The van der Waals surface area contributed by atoms with Crippen LogP contribution in [0.5, 0.6) is 5.75 Å². The molecule has 1 fully saturated rings. The molecule has 0 radical (unpaired) electrons. The number of halogens is 2. The summed E-state index contributed by atoms with van der Waals surface area (Å²) in [6.07, 6.45) is 4.17. The van der Waals surface area contributed by atoms with Crippen LogP contribution in [0.25, 0.3) is 0 Å². The average molecular weight is 455 g/mol. The third-order valence-electron chi connectivity index (χ3n) is 5.14. The lowest BCUT2D eigenvalue weighted by molar-refractivity contribution is -0.116. The molecule has 0 unspecified atom stereocenters. The Kier molecular flexibility index (Phi) is 7.33. The zero-order valence-corrected chi connectivity index (χ0v) is 18.2. The molecule has 162 valence electrons. The van der Waals surface area contributed by atoms with Crippen molar-refractivity contribution in [3.8, 4) is 5.75 Å². The third kappa shape index (κ3) is 5.30. The maximum Gasteiger partial charge on any atom is 0.243 e. The quantitative estimate of drug-likeness (QED) is 0.670. The van der Waals surface area contributed by atoms with Crippen LogP contribution in [0.2, 0.25) is 5.02 Å². The van der Waals surface area contributed by atoms with Crippen molar-refractivity contribution in [2.45, 2.75) is 43.0 Å². The number of hydrogen-bond donors (Lipinski definition) is 1. The summed E-state index contributed by atoms with van der Waals surface area (Å²) < 4.78 is 46.3. The number of carbonyl (C=O) groups excluding carboxylic acids is 1. The lowest BCUT2D eigenvalue weighted by atomic mass is 9.95. The Hall–Kier alpha value is -2.16. The van der Waals surface area contributed by atoms with Crippen LogP contribution in [0.4, 0.5) is 10.1 Å². The van der Waals surface area contributed by atoms with Crippen LogP contribution < -0.4 is 10.1 Å². The highest BCUT2D eigenvalue weighted by atomic mass is 35.5. The number of rotatable bonds is 7. The van der Waals surface area contributed by atoms with Gasteiger partial charge in [0.25, 0.3) is 0 Å². The molecule has 0 spiro atoms. The molecular formula is C21H24ClFN2O4S. The molecule has 2 aromatic carbocycles. The first-order valence-corrected chi connectivity index (χ1v) is 11.5. The molecule has 0 saturated heterocycles. The number of benzene rings is 2. The highest BCUT2D eigenvalue weighted by molar-refractivity contribution is 7.89. The number of carbonyl (C=O) groups is 1. The van der Waals surface area contributed by atoms with Crippen LogP contribution in [-0.2, 0) is 14.8 Å². The van der Waals surface area contributed by atoms with Gasteiger partial charge in [-0.25, -0.2) is 12.8 Å². The van der Waals surface area contributed by atoms with E-state index in [1.807, 2.05) is 0 Å². The zero-order chi connectivity index (χ0) is 21.7. The predicted octanol–water partition coefficient (Wildman–Crippen LogP) is 4.45. The van der Waals surface area contributed by atoms with Gasteiger partial charge in [0.15, 0.2) is 0 Å². The minimum absolute atomic E-state index is 0.0393. The Bertz CT molecular complexity index is 993. The Morgan fingerprint density at radius 2 is 1.83 bits per heavy atom. The third-order valence-corrected chi connectivity index (χ3v) is 7.28. The summed E-state index contributed by atoms with van der Waals surface area (Å²) in [5, 5.41) is 3.10. The van der Waals surface area contributed by atoms with Crippen LogP contribution >= 0.6 is 11.6 Å². The molecule has 1 aliphatic carbocycles. The van der Waals surface area contributed by atoms with Gasteiger partial charge >= 0.3 is 0 Å². The molecule has 30 heavy (non-hydrogen) atoms.